The van der Waals surface area contributed by atoms with Crippen molar-refractivity contribution in [2.75, 3.05) is 10.8 Å². The molecule has 4 rings (SSSR count). The van der Waals surface area contributed by atoms with E-state index in [-0.39, 0.29) is 27.6 Å². The van der Waals surface area contributed by atoms with Gasteiger partial charge in [-0.2, -0.15) is 0 Å². The zero-order valence-electron chi connectivity index (χ0n) is 17.7. The van der Waals surface area contributed by atoms with Gasteiger partial charge in [-0.1, -0.05) is 48.0 Å². The Balaban J connectivity index is 1.72. The molecule has 0 atom stereocenters. The molecule has 0 saturated heterocycles. The first-order valence-corrected chi connectivity index (χ1v) is 12.2. The van der Waals surface area contributed by atoms with Crippen molar-refractivity contribution < 1.29 is 21.6 Å². The van der Waals surface area contributed by atoms with Crippen LogP contribution in [0.25, 0.3) is 12.2 Å². The molecule has 33 heavy (non-hydrogen) atoms. The van der Waals surface area contributed by atoms with Gasteiger partial charge in [-0.25, -0.2) is 21.6 Å². The summed E-state index contributed by atoms with van der Waals surface area (Å²) in [6, 6.07) is 14.6. The summed E-state index contributed by atoms with van der Waals surface area (Å²) in [6.45, 7) is 0.962. The molecule has 0 spiro atoms. The lowest BCUT2D eigenvalue weighted by molar-refractivity contribution is 0.0172. The Labute approximate surface area is 196 Å². The number of halogens is 4. The maximum atomic E-state index is 14.1. The van der Waals surface area contributed by atoms with Crippen LogP contribution in [-0.2, 0) is 22.4 Å². The van der Waals surface area contributed by atoms with Crippen molar-refractivity contribution in [3.63, 3.8) is 0 Å². The average molecular weight is 492 g/mol. The van der Waals surface area contributed by atoms with Gasteiger partial charge >= 0.3 is 0 Å². The van der Waals surface area contributed by atoms with Crippen molar-refractivity contribution >= 4 is 39.5 Å². The van der Waals surface area contributed by atoms with Crippen LogP contribution in [0.4, 0.5) is 18.9 Å². The molecule has 172 valence electrons. The van der Waals surface area contributed by atoms with E-state index in [4.69, 9.17) is 11.6 Å². The first kappa shape index (κ1) is 23.4. The molecule has 0 bridgehead atoms. The maximum Gasteiger partial charge on any atom is 0.270 e. The first-order chi connectivity index (χ1) is 15.6. The van der Waals surface area contributed by atoms with Gasteiger partial charge in [0.1, 0.15) is 5.82 Å². The number of fused-ring (bicyclic) bond motifs is 1. The number of alkyl halides is 2. The van der Waals surface area contributed by atoms with Gasteiger partial charge in [0.05, 0.1) is 15.6 Å². The van der Waals surface area contributed by atoms with Gasteiger partial charge in [0, 0.05) is 24.6 Å². The van der Waals surface area contributed by atoms with Crippen LogP contribution in [0.15, 0.2) is 65.6 Å². The minimum Gasteiger partial charge on any atom is -0.266 e. The molecule has 3 aromatic rings. The van der Waals surface area contributed by atoms with Gasteiger partial charge in [-0.3, -0.25) is 4.31 Å². The fourth-order valence-electron chi connectivity index (χ4n) is 3.82. The van der Waals surface area contributed by atoms with Crippen LogP contribution < -0.4 is 4.31 Å². The largest absolute Gasteiger partial charge is 0.270 e. The van der Waals surface area contributed by atoms with Crippen molar-refractivity contribution in [2.45, 2.75) is 30.6 Å². The molecule has 0 radical (unpaired) electrons. The summed E-state index contributed by atoms with van der Waals surface area (Å²) in [5.41, 5.74) is 1.85. The number of sulfonamides is 1. The molecule has 3 aromatic carbocycles. The number of rotatable bonds is 5. The van der Waals surface area contributed by atoms with E-state index in [1.807, 2.05) is 12.1 Å². The second-order valence-electron chi connectivity index (χ2n) is 7.95. The topological polar surface area (TPSA) is 37.4 Å². The Bertz CT molecular complexity index is 1310. The highest BCUT2D eigenvalue weighted by Gasteiger charge is 2.31. The van der Waals surface area contributed by atoms with E-state index >= 15 is 0 Å². The standard InChI is InChI=1S/C25H21ClF3NO2S/c1-25(28,29)19-6-2-7-20(16-19)33(31,32)30-14-4-5-18-12-10-17(15-24(18)30)11-13-21-22(26)8-3-9-23(21)27/h2-3,6-13,15-16H,4-5,14H2,1H3/b13-11+. The van der Waals surface area contributed by atoms with Crippen molar-refractivity contribution in [2.24, 2.45) is 0 Å². The fourth-order valence-corrected chi connectivity index (χ4v) is 5.62. The SMILES string of the molecule is CC(F)(F)c1cccc(S(=O)(=O)N2CCCc3ccc(/C=C/c4c(F)cccc4Cl)cc32)c1. The third-order valence-electron chi connectivity index (χ3n) is 5.56. The number of nitrogens with zero attached hydrogens (tertiary/aromatic N) is 1. The van der Waals surface area contributed by atoms with E-state index < -0.39 is 21.8 Å². The highest BCUT2D eigenvalue weighted by atomic mass is 35.5. The Morgan fingerprint density at radius 3 is 2.52 bits per heavy atom. The summed E-state index contributed by atoms with van der Waals surface area (Å²) in [5, 5.41) is 0.265. The molecule has 1 aliphatic heterocycles. The van der Waals surface area contributed by atoms with Crippen LogP contribution in [-0.4, -0.2) is 15.0 Å². The van der Waals surface area contributed by atoms with Gasteiger partial charge in [-0.05, 0) is 60.4 Å². The van der Waals surface area contributed by atoms with E-state index in [0.29, 0.717) is 24.1 Å². The number of benzene rings is 3. The molecular formula is C25H21ClF3NO2S. The van der Waals surface area contributed by atoms with Crippen LogP contribution in [0.3, 0.4) is 0 Å². The Morgan fingerprint density at radius 2 is 1.79 bits per heavy atom. The predicted octanol–water partition coefficient (Wildman–Crippen LogP) is 6.90. The molecule has 0 aliphatic carbocycles. The fraction of sp³-hybridized carbons (Fsp3) is 0.200. The lowest BCUT2D eigenvalue weighted by Gasteiger charge is -2.31. The quantitative estimate of drug-likeness (QED) is 0.364. The molecule has 8 heteroatoms. The van der Waals surface area contributed by atoms with Crippen molar-refractivity contribution in [1.29, 1.82) is 0 Å². The molecule has 0 unspecified atom stereocenters. The van der Waals surface area contributed by atoms with Crippen LogP contribution in [0.5, 0.6) is 0 Å². The van der Waals surface area contributed by atoms with Crippen LogP contribution in [0.2, 0.25) is 5.02 Å². The third-order valence-corrected chi connectivity index (χ3v) is 7.70. The monoisotopic (exact) mass is 491 g/mol. The summed E-state index contributed by atoms with van der Waals surface area (Å²) >= 11 is 6.07. The second-order valence-corrected chi connectivity index (χ2v) is 10.2. The summed E-state index contributed by atoms with van der Waals surface area (Å²) in [4.78, 5) is -0.187. The highest BCUT2D eigenvalue weighted by molar-refractivity contribution is 7.92. The van der Waals surface area contributed by atoms with Gasteiger partial charge in [-0.15, -0.1) is 0 Å². The summed E-state index contributed by atoms with van der Waals surface area (Å²) in [5.74, 6) is -3.62. The Hall–Kier alpha value is -2.77. The van der Waals surface area contributed by atoms with Gasteiger partial charge in [0.25, 0.3) is 15.9 Å². The minimum atomic E-state index is -4.06. The molecule has 0 aromatic heterocycles. The Morgan fingerprint density at radius 1 is 1.03 bits per heavy atom. The van der Waals surface area contributed by atoms with Crippen molar-refractivity contribution in [3.8, 4) is 0 Å². The van der Waals surface area contributed by atoms with Gasteiger partial charge in [0.2, 0.25) is 0 Å². The highest BCUT2D eigenvalue weighted by Crippen LogP contribution is 2.35. The minimum absolute atomic E-state index is 0.187. The number of hydrogen-bond acceptors (Lipinski definition) is 2. The maximum absolute atomic E-state index is 14.1. The third kappa shape index (κ3) is 4.80. The van der Waals surface area contributed by atoms with Crippen molar-refractivity contribution in [3.05, 3.63) is 93.8 Å². The molecule has 3 nitrogen and oxygen atoms in total. The predicted molar refractivity (Wildman–Crippen MR) is 126 cm³/mol. The molecule has 0 N–H and O–H groups in total. The van der Waals surface area contributed by atoms with Gasteiger partial charge in [0.15, 0.2) is 0 Å². The number of anilines is 1. The molecule has 0 fully saturated rings. The lowest BCUT2D eigenvalue weighted by atomic mass is 10.0. The van der Waals surface area contributed by atoms with Crippen molar-refractivity contribution in [1.82, 2.24) is 0 Å². The second kappa shape index (κ2) is 8.88. The molecule has 1 aliphatic rings. The van der Waals surface area contributed by atoms with E-state index in [2.05, 4.69) is 0 Å². The number of aryl methyl sites for hydroxylation is 1. The Kier molecular flexibility index (Phi) is 6.29. The summed E-state index contributed by atoms with van der Waals surface area (Å²) in [6.07, 6.45) is 4.49. The zero-order valence-corrected chi connectivity index (χ0v) is 19.3. The van der Waals surface area contributed by atoms with E-state index in [1.54, 1.807) is 18.2 Å². The zero-order chi connectivity index (χ0) is 23.8. The van der Waals surface area contributed by atoms with E-state index in [1.165, 1.54) is 40.7 Å². The average Bonchev–Trinajstić information content (AvgIpc) is 2.77. The van der Waals surface area contributed by atoms with E-state index in [0.717, 1.165) is 18.6 Å². The van der Waals surface area contributed by atoms with Crippen LogP contribution in [0, 0.1) is 5.82 Å². The molecule has 0 amide bonds. The molecule has 0 saturated carbocycles. The molecular weight excluding hydrogens is 471 g/mol. The first-order valence-electron chi connectivity index (χ1n) is 10.3. The van der Waals surface area contributed by atoms with Gasteiger partial charge < -0.3 is 0 Å². The van der Waals surface area contributed by atoms with E-state index in [9.17, 15) is 21.6 Å². The lowest BCUT2D eigenvalue weighted by Crippen LogP contribution is -2.35. The van der Waals surface area contributed by atoms with Crippen LogP contribution >= 0.6 is 11.6 Å². The summed E-state index contributed by atoms with van der Waals surface area (Å²) in [7, 11) is -4.06. The van der Waals surface area contributed by atoms with Crippen LogP contribution in [0.1, 0.15) is 35.6 Å². The summed E-state index contributed by atoms with van der Waals surface area (Å²) < 4.78 is 69.7. The molecule has 1 heterocycles. The number of hydrogen-bond donors (Lipinski definition) is 0. The smallest absolute Gasteiger partial charge is 0.266 e. The normalized spacial score (nSPS) is 14.5.